The number of fused-ring (bicyclic) bond motifs is 2. The summed E-state index contributed by atoms with van der Waals surface area (Å²) in [5, 5.41) is 2.44. The number of methoxy groups -OCH3 is 1. The lowest BCUT2D eigenvalue weighted by atomic mass is 10.0. The van der Waals surface area contributed by atoms with Crippen LogP contribution in [0, 0.1) is 5.92 Å². The lowest BCUT2D eigenvalue weighted by Crippen LogP contribution is -2.68. The molecule has 5 heteroatoms. The van der Waals surface area contributed by atoms with Crippen molar-refractivity contribution in [2.45, 2.75) is 57.3 Å². The zero-order valence-electron chi connectivity index (χ0n) is 21.1. The number of piperidine rings is 1. The highest BCUT2D eigenvalue weighted by molar-refractivity contribution is 6.99. The van der Waals surface area contributed by atoms with E-state index in [4.69, 9.17) is 9.16 Å². The Kier molecular flexibility index (Phi) is 6.32. The number of hydrogen-bond acceptors (Lipinski definition) is 3. The molecule has 1 aliphatic carbocycles. The van der Waals surface area contributed by atoms with Crippen molar-refractivity contribution in [3.63, 3.8) is 0 Å². The number of hydrogen-bond donors (Lipinski definition) is 0. The molecule has 2 bridgehead atoms. The van der Waals surface area contributed by atoms with E-state index in [2.05, 4.69) is 98.5 Å². The van der Waals surface area contributed by atoms with Gasteiger partial charge >= 0.3 is 0 Å². The van der Waals surface area contributed by atoms with Gasteiger partial charge < -0.3 is 14.1 Å². The normalized spacial score (nSPS) is 22.0. The van der Waals surface area contributed by atoms with Gasteiger partial charge in [-0.25, -0.2) is 0 Å². The van der Waals surface area contributed by atoms with E-state index in [0.717, 1.165) is 24.2 Å². The molecule has 3 atom stereocenters. The van der Waals surface area contributed by atoms with Crippen LogP contribution in [0.5, 0.6) is 5.75 Å². The van der Waals surface area contributed by atoms with Crippen LogP contribution in [0.15, 0.2) is 84.9 Å². The van der Waals surface area contributed by atoms with Crippen molar-refractivity contribution in [2.24, 2.45) is 5.92 Å². The molecule has 2 fully saturated rings. The first-order chi connectivity index (χ1) is 16.8. The van der Waals surface area contributed by atoms with E-state index in [1.807, 2.05) is 12.1 Å². The van der Waals surface area contributed by atoms with Crippen molar-refractivity contribution in [1.29, 1.82) is 0 Å². The second-order valence-corrected chi connectivity index (χ2v) is 15.1. The zero-order chi connectivity index (χ0) is 24.6. The second-order valence-electron chi connectivity index (χ2n) is 10.9. The Balaban J connectivity index is 1.43. The van der Waals surface area contributed by atoms with Gasteiger partial charge in [-0.1, -0.05) is 93.6 Å². The second kappa shape index (κ2) is 9.28. The first-order valence-corrected chi connectivity index (χ1v) is 14.5. The lowest BCUT2D eigenvalue weighted by Gasteiger charge is -2.46. The minimum absolute atomic E-state index is 0.0501. The van der Waals surface area contributed by atoms with E-state index in [1.54, 1.807) is 7.11 Å². The van der Waals surface area contributed by atoms with Crippen molar-refractivity contribution in [2.75, 3.05) is 7.11 Å². The van der Waals surface area contributed by atoms with Gasteiger partial charge in [-0.2, -0.15) is 0 Å². The highest BCUT2D eigenvalue weighted by atomic mass is 28.4. The van der Waals surface area contributed by atoms with Crippen molar-refractivity contribution in [3.05, 3.63) is 90.5 Å². The summed E-state index contributed by atoms with van der Waals surface area (Å²) in [6, 6.07) is 29.7. The van der Waals surface area contributed by atoms with E-state index in [1.165, 1.54) is 10.4 Å². The number of amides is 1. The SMILES string of the molecule is COc1ccc(CN2C(=O)[C@@H]3C[C@H]2C[C@H]3O[Si](c2ccccc2)(c2ccccc2)C(C)(C)C)cc1. The molecule has 0 spiro atoms. The van der Waals surface area contributed by atoms with Crippen LogP contribution < -0.4 is 15.1 Å². The third-order valence-corrected chi connectivity index (χ3v) is 12.8. The van der Waals surface area contributed by atoms with E-state index in [0.29, 0.717) is 6.54 Å². The minimum Gasteiger partial charge on any atom is -0.497 e. The van der Waals surface area contributed by atoms with Gasteiger partial charge in [0.15, 0.2) is 0 Å². The van der Waals surface area contributed by atoms with Crippen molar-refractivity contribution >= 4 is 24.6 Å². The summed E-state index contributed by atoms with van der Waals surface area (Å²) in [6.07, 6.45) is 1.74. The molecule has 0 radical (unpaired) electrons. The molecule has 1 aliphatic heterocycles. The third kappa shape index (κ3) is 4.21. The van der Waals surface area contributed by atoms with E-state index in [9.17, 15) is 4.79 Å². The van der Waals surface area contributed by atoms with Crippen LogP contribution in [-0.4, -0.2) is 38.4 Å². The summed E-state index contributed by atoms with van der Waals surface area (Å²) in [4.78, 5) is 15.6. The van der Waals surface area contributed by atoms with Gasteiger partial charge in [0.05, 0.1) is 19.1 Å². The Hall–Kier alpha value is -2.89. The molecule has 0 aromatic heterocycles. The van der Waals surface area contributed by atoms with Gasteiger partial charge in [-0.15, -0.1) is 0 Å². The Morgan fingerprint density at radius 1 is 0.857 bits per heavy atom. The third-order valence-electron chi connectivity index (χ3n) is 7.78. The molecule has 1 saturated heterocycles. The fourth-order valence-electron chi connectivity index (χ4n) is 6.06. The van der Waals surface area contributed by atoms with Crippen LogP contribution in [0.3, 0.4) is 0 Å². The van der Waals surface area contributed by atoms with E-state index in [-0.39, 0.29) is 29.0 Å². The zero-order valence-corrected chi connectivity index (χ0v) is 22.1. The maximum atomic E-state index is 13.6. The van der Waals surface area contributed by atoms with E-state index < -0.39 is 8.32 Å². The predicted octanol–water partition coefficient (Wildman–Crippen LogP) is 4.76. The average molecular weight is 486 g/mol. The number of ether oxygens (including phenoxy) is 1. The van der Waals surface area contributed by atoms with Crippen molar-refractivity contribution in [3.8, 4) is 5.75 Å². The molecule has 1 amide bonds. The standard InChI is InChI=1S/C30H35NO3Si/c1-30(2,3)35(25-11-7-5-8-12-25,26-13-9-6-10-14-26)34-28-20-23-19-27(28)29(32)31(23)21-22-15-17-24(33-4)18-16-22/h5-18,23,27-28H,19-21H2,1-4H3/t23-,27+,28+/m0/s1. The minimum atomic E-state index is -2.67. The van der Waals surface area contributed by atoms with Gasteiger partial charge in [0.25, 0.3) is 8.32 Å². The molecule has 0 N–H and O–H groups in total. The molecule has 2 aliphatic rings. The Morgan fingerprint density at radius 2 is 1.43 bits per heavy atom. The van der Waals surface area contributed by atoms with Crippen LogP contribution >= 0.6 is 0 Å². The average Bonchev–Trinajstić information content (AvgIpc) is 3.41. The molecular formula is C30H35NO3Si. The molecule has 4 nitrogen and oxygen atoms in total. The Morgan fingerprint density at radius 3 is 1.91 bits per heavy atom. The van der Waals surface area contributed by atoms with Crippen LogP contribution in [-0.2, 0) is 15.8 Å². The highest BCUT2D eigenvalue weighted by Crippen LogP contribution is 2.45. The smallest absolute Gasteiger partial charge is 0.261 e. The first-order valence-electron chi connectivity index (χ1n) is 12.6. The number of nitrogens with zero attached hydrogens (tertiary/aromatic N) is 1. The number of rotatable bonds is 7. The summed E-state index contributed by atoms with van der Waals surface area (Å²) in [7, 11) is -1.00. The van der Waals surface area contributed by atoms with Crippen LogP contribution in [0.2, 0.25) is 5.04 Å². The molecule has 35 heavy (non-hydrogen) atoms. The summed E-state index contributed by atoms with van der Waals surface area (Å²) < 4.78 is 12.6. The van der Waals surface area contributed by atoms with Crippen LogP contribution in [0.4, 0.5) is 0 Å². The summed E-state index contributed by atoms with van der Waals surface area (Å²) >= 11 is 0. The number of benzene rings is 3. The largest absolute Gasteiger partial charge is 0.497 e. The van der Waals surface area contributed by atoms with Crippen molar-refractivity contribution in [1.82, 2.24) is 4.90 Å². The van der Waals surface area contributed by atoms with Gasteiger partial charge in [0.1, 0.15) is 5.75 Å². The summed E-state index contributed by atoms with van der Waals surface area (Å²) in [6.45, 7) is 7.54. The lowest BCUT2D eigenvalue weighted by molar-refractivity contribution is -0.138. The maximum Gasteiger partial charge on any atom is 0.261 e. The van der Waals surface area contributed by atoms with Crippen molar-refractivity contribution < 1.29 is 14.0 Å². The molecule has 3 aromatic rings. The maximum absolute atomic E-state index is 13.6. The molecular weight excluding hydrogens is 450 g/mol. The topological polar surface area (TPSA) is 38.8 Å². The molecule has 5 rings (SSSR count). The summed E-state index contributed by atoms with van der Waals surface area (Å²) in [5.41, 5.74) is 1.14. The van der Waals surface area contributed by atoms with Gasteiger partial charge in [0.2, 0.25) is 5.91 Å². The molecule has 3 aromatic carbocycles. The molecule has 1 heterocycles. The Labute approximate surface area is 210 Å². The van der Waals surface area contributed by atoms with Crippen LogP contribution in [0.1, 0.15) is 39.2 Å². The quantitative estimate of drug-likeness (QED) is 0.453. The van der Waals surface area contributed by atoms with Gasteiger partial charge in [0, 0.05) is 12.6 Å². The predicted molar refractivity (Wildman–Crippen MR) is 143 cm³/mol. The van der Waals surface area contributed by atoms with Gasteiger partial charge in [-0.05, 0) is 45.9 Å². The fourth-order valence-corrected chi connectivity index (χ4v) is 10.8. The van der Waals surface area contributed by atoms with Crippen LogP contribution in [0.25, 0.3) is 0 Å². The Bertz CT molecular complexity index is 1120. The summed E-state index contributed by atoms with van der Waals surface area (Å²) in [5.74, 6) is 1.00. The van der Waals surface area contributed by atoms with E-state index >= 15 is 0 Å². The highest BCUT2D eigenvalue weighted by Gasteiger charge is 2.57. The number of carbonyl (C=O) groups excluding carboxylic acids is 1. The number of likely N-dealkylation sites (tertiary alicyclic amines) is 1. The molecule has 1 saturated carbocycles. The fraction of sp³-hybridized carbons (Fsp3) is 0.367. The molecule has 182 valence electrons. The molecule has 0 unspecified atom stereocenters. The first kappa shape index (κ1) is 23.8. The van der Waals surface area contributed by atoms with Gasteiger partial charge in [-0.3, -0.25) is 4.79 Å². The number of carbonyl (C=O) groups is 1. The monoisotopic (exact) mass is 485 g/mol.